The lowest BCUT2D eigenvalue weighted by Crippen LogP contribution is -2.61. The predicted molar refractivity (Wildman–Crippen MR) is 480 cm³/mol. The third kappa shape index (κ3) is 30.5. The molecule has 1 fully saturated rings. The highest BCUT2D eigenvalue weighted by atomic mass is 32.2. The number of carboxylic acid groups (broad SMARTS) is 2. The van der Waals surface area contributed by atoms with Crippen molar-refractivity contribution in [2.75, 3.05) is 66.4 Å². The highest BCUT2D eigenvalue weighted by Crippen LogP contribution is 2.25. The van der Waals surface area contributed by atoms with Crippen molar-refractivity contribution < 1.29 is 97.1 Å². The number of benzene rings is 6. The van der Waals surface area contributed by atoms with E-state index in [9.17, 15) is 63.6 Å². The van der Waals surface area contributed by atoms with Gasteiger partial charge in [-0.25, -0.2) is 0 Å². The van der Waals surface area contributed by atoms with Crippen LogP contribution < -0.4 is 47.9 Å². The fourth-order valence-corrected chi connectivity index (χ4v) is 15.8. The van der Waals surface area contributed by atoms with Crippen molar-refractivity contribution in [1.82, 2.24) is 77.3 Å². The van der Waals surface area contributed by atoms with E-state index < -0.39 is 205 Å². The second-order valence-corrected chi connectivity index (χ2v) is 34.0. The number of hydrogen-bond donors (Lipinski definition) is 14. The molecule has 0 unspecified atom stereocenters. The molecule has 7 aromatic rings. The zero-order chi connectivity index (χ0) is 94.3. The number of fused-ring (bicyclic) bond motifs is 1. The molecule has 129 heavy (non-hydrogen) atoms. The third-order valence-corrected chi connectivity index (χ3v) is 23.1. The van der Waals surface area contributed by atoms with Crippen molar-refractivity contribution in [3.05, 3.63) is 203 Å². The minimum absolute atomic E-state index is 0.0244. The van der Waals surface area contributed by atoms with Gasteiger partial charge >= 0.3 is 11.9 Å². The maximum atomic E-state index is 15.5. The number of para-hydroxylation sites is 1. The topological polar surface area (TPSA) is 494 Å². The number of phenolic OH excluding ortho intramolecular Hbond substituents is 2. The standard InChI is InChI=1S/C93H117N15O20S/c1-11-12-32-74-91(126)105(7)52-78(112)97-70(48-80(114)115)87(122)103-82(56(4)5)93(128)107(9)75(45-58-26-18-14-19-27-58)88(123)101-71(44-61-35-39-64(110)40-36-61)89(124)104(6)51-77(111)96-69(47-62-49-94-66-31-23-22-30-65(62)66)86(121)100-68(42-60-33-37-63(109)38-34-60)85(120)99-67(41-55(2)3)84(119)102-73(83(118)95-50-81(116)117)53-129-54-79(113)98-72(43-57-24-16-13-17-25-57)90(125)108(10)76(92(127)106(74)8)46-59-28-20-15-21-29-59/h13-31,33-40,49,55-56,67-76,82,94,109-110H,11-12,32,41-48,50-54H2,1-10H3,(H,95,118)(H,96,111)(H,97,112)(H,98,113)(H,99,120)(H,100,121)(H,101,123)(H,102,119)(H,103,122)(H,114,115)(H,116,117)/t67-,68-,69-,70-,71-,72-,73-,74-,75-,76-,82-/m0/s1. The molecule has 1 saturated heterocycles. The summed E-state index contributed by atoms with van der Waals surface area (Å²) in [7, 11) is 6.51. The van der Waals surface area contributed by atoms with Crippen molar-refractivity contribution in [2.45, 2.75) is 172 Å². The molecule has 1 aliphatic heterocycles. The zero-order valence-electron chi connectivity index (χ0n) is 74.0. The summed E-state index contributed by atoms with van der Waals surface area (Å²) in [4.78, 5) is 243. The highest BCUT2D eigenvalue weighted by Gasteiger charge is 2.42. The molecule has 14 N–H and O–H groups in total. The van der Waals surface area contributed by atoms with Gasteiger partial charge in [-0.1, -0.05) is 181 Å². The van der Waals surface area contributed by atoms with Gasteiger partial charge in [0, 0.05) is 96.6 Å². The van der Waals surface area contributed by atoms with E-state index >= 15 is 33.6 Å². The Balaban J connectivity index is 1.21. The fraction of sp³-hybridized carbons (Fsp3) is 0.419. The van der Waals surface area contributed by atoms with Gasteiger partial charge < -0.3 is 97.8 Å². The molecule has 0 bridgehead atoms. The van der Waals surface area contributed by atoms with E-state index in [4.69, 9.17) is 0 Å². The molecule has 6 aromatic carbocycles. The Morgan fingerprint density at radius 2 is 0.876 bits per heavy atom. The highest BCUT2D eigenvalue weighted by molar-refractivity contribution is 8.00. The van der Waals surface area contributed by atoms with Gasteiger partial charge in [0.2, 0.25) is 82.7 Å². The van der Waals surface area contributed by atoms with Crippen molar-refractivity contribution in [2.24, 2.45) is 11.8 Å². The molecule has 690 valence electrons. The minimum atomic E-state index is -1.91. The Hall–Kier alpha value is -13.7. The Bertz CT molecular complexity index is 5070. The lowest BCUT2D eigenvalue weighted by Gasteiger charge is -2.37. The van der Waals surface area contributed by atoms with E-state index in [-0.39, 0.29) is 68.8 Å². The summed E-state index contributed by atoms with van der Waals surface area (Å²) in [5, 5.41) is 65.1. The minimum Gasteiger partial charge on any atom is -0.508 e. The molecule has 1 aliphatic rings. The van der Waals surface area contributed by atoms with Crippen LogP contribution in [-0.2, 0) is 115 Å². The largest absolute Gasteiger partial charge is 0.508 e. The zero-order valence-corrected chi connectivity index (χ0v) is 74.8. The number of amides is 14. The molecule has 0 spiro atoms. The number of rotatable bonds is 23. The Morgan fingerprint density at radius 1 is 0.434 bits per heavy atom. The van der Waals surface area contributed by atoms with Crippen LogP contribution in [0.4, 0.5) is 0 Å². The number of H-pyrrole nitrogens is 1. The van der Waals surface area contributed by atoms with Crippen LogP contribution >= 0.6 is 11.8 Å². The van der Waals surface area contributed by atoms with Crippen molar-refractivity contribution in [3.63, 3.8) is 0 Å². The number of nitrogens with one attached hydrogen (secondary N) is 10. The smallest absolute Gasteiger partial charge is 0.322 e. The Kier molecular flexibility index (Phi) is 38.2. The molecular formula is C93H117N15O20S. The summed E-state index contributed by atoms with van der Waals surface area (Å²) >= 11 is 0.798. The average Bonchev–Trinajstić information content (AvgIpc) is 1.50. The Morgan fingerprint density at radius 3 is 1.41 bits per heavy atom. The summed E-state index contributed by atoms with van der Waals surface area (Å²) < 4.78 is 0. The monoisotopic (exact) mass is 1800 g/mol. The van der Waals surface area contributed by atoms with Crippen molar-refractivity contribution in [3.8, 4) is 11.5 Å². The number of hydrogen-bond acceptors (Lipinski definition) is 19. The molecule has 8 rings (SSSR count). The first-order valence-electron chi connectivity index (χ1n) is 42.6. The molecule has 1 aromatic heterocycles. The lowest BCUT2D eigenvalue weighted by atomic mass is 9.98. The van der Waals surface area contributed by atoms with Gasteiger partial charge in [0.15, 0.2) is 0 Å². The normalized spacial score (nSPS) is 21.9. The number of carbonyl (C=O) groups excluding carboxylic acids is 14. The number of unbranched alkanes of at least 4 members (excludes halogenated alkanes) is 1. The molecule has 0 saturated carbocycles. The van der Waals surface area contributed by atoms with E-state index in [0.717, 1.165) is 36.3 Å². The van der Waals surface area contributed by atoms with Crippen LogP contribution in [0.5, 0.6) is 11.5 Å². The maximum absolute atomic E-state index is 15.5. The molecule has 0 aliphatic carbocycles. The van der Waals surface area contributed by atoms with Gasteiger partial charge in [0.1, 0.15) is 84.5 Å². The number of aromatic hydroxyl groups is 2. The molecular weight excluding hydrogens is 1680 g/mol. The Labute approximate surface area is 752 Å². The van der Waals surface area contributed by atoms with Crippen LogP contribution in [-0.4, -0.2) is 277 Å². The first-order valence-corrected chi connectivity index (χ1v) is 43.8. The van der Waals surface area contributed by atoms with E-state index in [1.165, 1.54) is 83.8 Å². The summed E-state index contributed by atoms with van der Waals surface area (Å²) in [5.41, 5.74) is 3.60. The number of carboxylic acids is 2. The average molecular weight is 1800 g/mol. The number of aromatic amines is 1. The van der Waals surface area contributed by atoms with Gasteiger partial charge in [-0.3, -0.25) is 76.7 Å². The van der Waals surface area contributed by atoms with E-state index in [1.54, 1.807) is 149 Å². The van der Waals surface area contributed by atoms with Gasteiger partial charge in [-0.15, -0.1) is 11.8 Å². The van der Waals surface area contributed by atoms with Crippen LogP contribution in [0, 0.1) is 11.8 Å². The third-order valence-electron chi connectivity index (χ3n) is 22.0. The predicted octanol–water partition coefficient (Wildman–Crippen LogP) is 2.93. The number of likely N-dealkylation sites (N-methyl/N-ethyl adjacent to an activating group) is 5. The summed E-state index contributed by atoms with van der Waals surface area (Å²) in [6.07, 6.45) is 0.00134. The van der Waals surface area contributed by atoms with Crippen LogP contribution in [0.25, 0.3) is 10.9 Å². The number of thioether (sulfide) groups is 1. The fourth-order valence-electron chi connectivity index (χ4n) is 14.9. The number of aliphatic carboxylic acids is 2. The number of aromatic nitrogens is 1. The van der Waals surface area contributed by atoms with Gasteiger partial charge in [-0.05, 0) is 88.4 Å². The van der Waals surface area contributed by atoms with Gasteiger partial charge in [0.25, 0.3) is 0 Å². The number of phenols is 2. The van der Waals surface area contributed by atoms with E-state index in [0.29, 0.717) is 57.1 Å². The van der Waals surface area contributed by atoms with Crippen LogP contribution in [0.1, 0.15) is 100 Å². The second kappa shape index (κ2) is 48.9. The summed E-state index contributed by atoms with van der Waals surface area (Å²) in [5.74, 6) is -18.2. The van der Waals surface area contributed by atoms with Crippen LogP contribution in [0.2, 0.25) is 0 Å². The van der Waals surface area contributed by atoms with Gasteiger partial charge in [-0.2, -0.15) is 0 Å². The summed E-state index contributed by atoms with van der Waals surface area (Å²) in [6.45, 7) is 5.90. The van der Waals surface area contributed by atoms with Crippen molar-refractivity contribution >= 4 is 117 Å². The number of nitrogens with zero attached hydrogens (tertiary/aromatic N) is 5. The first-order chi connectivity index (χ1) is 61.4. The molecule has 36 heteroatoms. The first kappa shape index (κ1) is 101. The quantitative estimate of drug-likeness (QED) is 0.0438. The van der Waals surface area contributed by atoms with E-state index in [2.05, 4.69) is 52.8 Å². The van der Waals surface area contributed by atoms with E-state index in [1.807, 2.05) is 6.92 Å². The lowest BCUT2D eigenvalue weighted by molar-refractivity contribution is -0.151. The molecule has 2 heterocycles. The van der Waals surface area contributed by atoms with Crippen LogP contribution in [0.3, 0.4) is 0 Å². The summed E-state index contributed by atoms with van der Waals surface area (Å²) in [6, 6.07) is 27.0. The van der Waals surface area contributed by atoms with Crippen molar-refractivity contribution in [1.29, 1.82) is 0 Å². The van der Waals surface area contributed by atoms with Gasteiger partial charge in [0.05, 0.1) is 25.3 Å². The SMILES string of the molecule is CCCC[C@H]1C(=O)N(C)CC(=O)N[C@@H](CC(=O)O)C(=O)N[C@@H](C(C)C)C(=O)N(C)[C@@H](Cc2ccccc2)C(=O)N[C@@H](Cc2ccc(O)cc2)C(=O)N(C)CC(=O)N[C@@H](Cc2c[nH]c3ccccc23)C(=O)N[C@@H](Cc2ccc(O)cc2)C(=O)N[C@@H](CC(C)C)C(=O)N[C@H](C(=O)NCC(=O)O)CSCC(=O)N[C@@H](Cc2ccccc2)C(=O)N(C)[C@@H](Cc2ccccc2)C(=O)N1C. The van der Waals surface area contributed by atoms with Crippen LogP contribution in [0.15, 0.2) is 170 Å². The molecule has 14 amide bonds. The molecule has 0 radical (unpaired) electrons. The molecule has 11 atom stereocenters. The molecule has 35 nitrogen and oxygen atoms in total. The second-order valence-electron chi connectivity index (χ2n) is 33.0. The number of carbonyl (C=O) groups is 16. The maximum Gasteiger partial charge on any atom is 0.322 e.